The molecule has 0 saturated carbocycles. The Morgan fingerprint density at radius 1 is 1.26 bits per heavy atom. The summed E-state index contributed by atoms with van der Waals surface area (Å²) in [4.78, 5) is 3.09. The number of aromatic nitrogens is 1. The normalized spacial score (nSPS) is 12.1. The first-order chi connectivity index (χ1) is 8.54. The van der Waals surface area contributed by atoms with Crippen molar-refractivity contribution >= 4 is 22.6 Å². The fraction of sp³-hybridized carbons (Fsp3) is 0.333. The molecule has 0 fully saturated rings. The van der Waals surface area contributed by atoms with Gasteiger partial charge in [0.05, 0.1) is 23.7 Å². The van der Waals surface area contributed by atoms with Crippen molar-refractivity contribution in [2.75, 3.05) is 0 Å². The van der Waals surface area contributed by atoms with E-state index in [2.05, 4.69) is 9.72 Å². The van der Waals surface area contributed by atoms with E-state index in [0.717, 1.165) is 0 Å². The van der Waals surface area contributed by atoms with Crippen molar-refractivity contribution in [3.8, 4) is 11.9 Å². The summed E-state index contributed by atoms with van der Waals surface area (Å²) >= 11 is 1.21. The number of halogens is 7. The van der Waals surface area contributed by atoms with Gasteiger partial charge in [-0.2, -0.15) is 18.4 Å². The number of rotatable bonds is 2. The van der Waals surface area contributed by atoms with Gasteiger partial charge >= 0.3 is 12.5 Å². The Bertz CT molecular complexity index is 519. The van der Waals surface area contributed by atoms with E-state index in [1.54, 1.807) is 0 Å². The number of hydrogen-bond donors (Lipinski definition) is 0. The van der Waals surface area contributed by atoms with Crippen LogP contribution in [0.2, 0.25) is 0 Å². The van der Waals surface area contributed by atoms with E-state index in [-0.39, 0.29) is 0 Å². The van der Waals surface area contributed by atoms with E-state index >= 15 is 0 Å². The summed E-state index contributed by atoms with van der Waals surface area (Å²) in [5, 5.41) is 8.40. The van der Waals surface area contributed by atoms with Crippen LogP contribution in [0, 0.1) is 14.9 Å². The molecule has 1 aromatic heterocycles. The maximum absolute atomic E-state index is 12.7. The average Bonchev–Trinajstić information content (AvgIpc) is 2.11. The Labute approximate surface area is 116 Å². The lowest BCUT2D eigenvalue weighted by molar-refractivity contribution is -0.276. The first-order valence-corrected chi connectivity index (χ1v) is 5.52. The largest absolute Gasteiger partial charge is 0.574 e. The summed E-state index contributed by atoms with van der Waals surface area (Å²) < 4.78 is 76.9. The summed E-state index contributed by atoms with van der Waals surface area (Å²) in [6.07, 6.45) is -10.7. The van der Waals surface area contributed by atoms with Gasteiger partial charge in [0.25, 0.3) is 0 Å². The third kappa shape index (κ3) is 4.41. The van der Waals surface area contributed by atoms with Gasteiger partial charge in [0.15, 0.2) is 0 Å². The number of nitriles is 1. The first-order valence-electron chi connectivity index (χ1n) is 4.44. The molecule has 0 radical (unpaired) electrons. The molecule has 1 heterocycles. The third-order valence-electron chi connectivity index (χ3n) is 1.77. The van der Waals surface area contributed by atoms with Crippen LogP contribution in [-0.2, 0) is 12.6 Å². The van der Waals surface area contributed by atoms with Crippen LogP contribution in [0.4, 0.5) is 26.3 Å². The Morgan fingerprint density at radius 2 is 1.84 bits per heavy atom. The molecule has 0 N–H and O–H groups in total. The maximum Gasteiger partial charge on any atom is 0.574 e. The molecule has 0 bridgehead atoms. The lowest BCUT2D eigenvalue weighted by Crippen LogP contribution is -2.20. The number of alkyl halides is 6. The minimum Gasteiger partial charge on any atom is -0.388 e. The second-order valence-electron chi connectivity index (χ2n) is 3.14. The Balaban J connectivity index is 3.34. The predicted octanol–water partition coefficient (Wildman–Crippen LogP) is 3.67. The highest BCUT2D eigenvalue weighted by molar-refractivity contribution is 14.1. The standard InChI is InChI=1S/C9H3F6IN2O/c10-8(11,12)7-4(16)3-6(19-9(13,14)15)18-5(7)1-2-17/h3H,1H2. The minimum absolute atomic E-state index is 0.512. The highest BCUT2D eigenvalue weighted by atomic mass is 127. The molecule has 0 amide bonds. The zero-order chi connectivity index (χ0) is 14.8. The van der Waals surface area contributed by atoms with Gasteiger partial charge in [0, 0.05) is 9.64 Å². The second kappa shape index (κ2) is 5.40. The van der Waals surface area contributed by atoms with Crippen LogP contribution in [0.1, 0.15) is 11.3 Å². The Kier molecular flexibility index (Phi) is 4.49. The zero-order valence-corrected chi connectivity index (χ0v) is 10.9. The number of ether oxygens (including phenoxy) is 1. The zero-order valence-electron chi connectivity index (χ0n) is 8.73. The van der Waals surface area contributed by atoms with Crippen molar-refractivity contribution in [2.45, 2.75) is 19.0 Å². The molecule has 0 saturated heterocycles. The molecular formula is C9H3F6IN2O. The van der Waals surface area contributed by atoms with Gasteiger partial charge in [0.2, 0.25) is 5.88 Å². The Hall–Kier alpha value is -1.25. The summed E-state index contributed by atoms with van der Waals surface area (Å²) in [5.41, 5.74) is -2.04. The highest BCUT2D eigenvalue weighted by Gasteiger charge is 2.38. The predicted molar refractivity (Wildman–Crippen MR) is 58.0 cm³/mol. The first kappa shape index (κ1) is 15.8. The lowest BCUT2D eigenvalue weighted by Gasteiger charge is -2.15. The molecule has 3 nitrogen and oxygen atoms in total. The molecule has 1 aromatic rings. The molecule has 0 aliphatic heterocycles. The van der Waals surface area contributed by atoms with Crippen molar-refractivity contribution in [2.24, 2.45) is 0 Å². The van der Waals surface area contributed by atoms with Crippen molar-refractivity contribution in [3.05, 3.63) is 20.9 Å². The van der Waals surface area contributed by atoms with E-state index < -0.39 is 39.7 Å². The van der Waals surface area contributed by atoms with Crippen LogP contribution in [0.3, 0.4) is 0 Å². The fourth-order valence-electron chi connectivity index (χ4n) is 1.21. The smallest absolute Gasteiger partial charge is 0.388 e. The number of nitrogens with zero attached hydrogens (tertiary/aromatic N) is 2. The van der Waals surface area contributed by atoms with E-state index in [9.17, 15) is 26.3 Å². The third-order valence-corrected chi connectivity index (χ3v) is 2.62. The van der Waals surface area contributed by atoms with Crippen molar-refractivity contribution in [3.63, 3.8) is 0 Å². The Morgan fingerprint density at radius 3 is 2.26 bits per heavy atom. The summed E-state index contributed by atoms with van der Waals surface area (Å²) in [6.45, 7) is 0. The van der Waals surface area contributed by atoms with Crippen molar-refractivity contribution < 1.29 is 31.1 Å². The van der Waals surface area contributed by atoms with Crippen LogP contribution in [0.15, 0.2) is 6.07 Å². The van der Waals surface area contributed by atoms with Gasteiger partial charge in [-0.1, -0.05) is 0 Å². The van der Waals surface area contributed by atoms with Gasteiger partial charge in [-0.3, -0.25) is 0 Å². The van der Waals surface area contributed by atoms with Crippen LogP contribution in [0.25, 0.3) is 0 Å². The molecule has 104 valence electrons. The van der Waals surface area contributed by atoms with E-state index in [4.69, 9.17) is 5.26 Å². The van der Waals surface area contributed by atoms with Crippen LogP contribution < -0.4 is 4.74 Å². The van der Waals surface area contributed by atoms with Gasteiger partial charge < -0.3 is 4.74 Å². The molecule has 19 heavy (non-hydrogen) atoms. The van der Waals surface area contributed by atoms with Crippen LogP contribution >= 0.6 is 22.6 Å². The van der Waals surface area contributed by atoms with Gasteiger partial charge in [-0.05, 0) is 22.6 Å². The topological polar surface area (TPSA) is 45.9 Å². The van der Waals surface area contributed by atoms with Crippen molar-refractivity contribution in [1.29, 1.82) is 5.26 Å². The van der Waals surface area contributed by atoms with Gasteiger partial charge in [0.1, 0.15) is 0 Å². The number of hydrogen-bond acceptors (Lipinski definition) is 3. The molecule has 0 aliphatic rings. The van der Waals surface area contributed by atoms with E-state index in [0.29, 0.717) is 6.07 Å². The van der Waals surface area contributed by atoms with Crippen LogP contribution in [0.5, 0.6) is 5.88 Å². The number of pyridine rings is 1. The molecule has 1 rings (SSSR count). The molecule has 0 spiro atoms. The molecular weight excluding hydrogens is 393 g/mol. The fourth-order valence-corrected chi connectivity index (χ4v) is 2.10. The highest BCUT2D eigenvalue weighted by Crippen LogP contribution is 2.37. The molecule has 0 aliphatic carbocycles. The second-order valence-corrected chi connectivity index (χ2v) is 4.31. The monoisotopic (exact) mass is 396 g/mol. The summed E-state index contributed by atoms with van der Waals surface area (Å²) in [7, 11) is 0. The van der Waals surface area contributed by atoms with Gasteiger partial charge in [-0.25, -0.2) is 4.98 Å². The van der Waals surface area contributed by atoms with E-state index in [1.807, 2.05) is 0 Å². The SMILES string of the molecule is N#CCc1nc(OC(F)(F)F)cc(I)c1C(F)(F)F. The van der Waals surface area contributed by atoms with Crippen LogP contribution in [-0.4, -0.2) is 11.3 Å². The minimum atomic E-state index is -5.07. The molecule has 0 aromatic carbocycles. The maximum atomic E-state index is 12.7. The van der Waals surface area contributed by atoms with E-state index in [1.165, 1.54) is 28.7 Å². The lowest BCUT2D eigenvalue weighted by atomic mass is 10.1. The molecule has 10 heteroatoms. The van der Waals surface area contributed by atoms with Crippen molar-refractivity contribution in [1.82, 2.24) is 4.98 Å². The molecule has 0 unspecified atom stereocenters. The average molecular weight is 396 g/mol. The van der Waals surface area contributed by atoms with Gasteiger partial charge in [-0.15, -0.1) is 13.2 Å². The summed E-state index contributed by atoms with van der Waals surface area (Å²) in [6, 6.07) is 1.92. The quantitative estimate of drug-likeness (QED) is 0.567. The summed E-state index contributed by atoms with van der Waals surface area (Å²) in [5.74, 6) is -1.03. The molecule has 0 atom stereocenters.